The van der Waals surface area contributed by atoms with E-state index in [0.717, 1.165) is 12.1 Å². The Labute approximate surface area is 175 Å². The minimum atomic E-state index is -4.81. The topological polar surface area (TPSA) is 20.2 Å². The van der Waals surface area contributed by atoms with E-state index in [9.17, 15) is 44.6 Å². The molecule has 170 valence electrons. The third kappa shape index (κ3) is 3.88. The second-order valence-electron chi connectivity index (χ2n) is 7.94. The summed E-state index contributed by atoms with van der Waals surface area (Å²) in [6.45, 7) is 0. The average Bonchev–Trinajstić information content (AvgIpc) is 2.85. The minimum absolute atomic E-state index is 0.0425. The van der Waals surface area contributed by atoms with Crippen molar-refractivity contribution in [2.75, 3.05) is 0 Å². The maximum atomic E-state index is 14.6. The Hall–Kier alpha value is -1.62. The van der Waals surface area contributed by atoms with Crippen LogP contribution in [0.15, 0.2) is 40.3 Å². The van der Waals surface area contributed by atoms with Crippen molar-refractivity contribution in [3.8, 4) is 0 Å². The molecular formula is C20H15F9OS. The van der Waals surface area contributed by atoms with Crippen molar-refractivity contribution in [1.82, 2.24) is 0 Å². The SMILES string of the molecule is O[C@H]1c2c(SC(F)(F)F)ccc([C@@H]3CCC(F)(F)C4CC(F)=CC(F)=C43)c2CC1(F)F. The maximum Gasteiger partial charge on any atom is 0.446 e. The van der Waals surface area contributed by atoms with Crippen molar-refractivity contribution >= 4 is 11.8 Å². The Morgan fingerprint density at radius 2 is 1.71 bits per heavy atom. The smallest absolute Gasteiger partial charge is 0.382 e. The van der Waals surface area contributed by atoms with Gasteiger partial charge in [0.2, 0.25) is 0 Å². The van der Waals surface area contributed by atoms with E-state index < -0.39 is 94.0 Å². The van der Waals surface area contributed by atoms with E-state index in [2.05, 4.69) is 0 Å². The first-order valence-corrected chi connectivity index (χ1v) is 10.1. The van der Waals surface area contributed by atoms with E-state index >= 15 is 0 Å². The molecule has 1 nitrogen and oxygen atoms in total. The van der Waals surface area contributed by atoms with Crippen molar-refractivity contribution in [2.24, 2.45) is 5.92 Å². The Kier molecular flexibility index (Phi) is 5.24. The van der Waals surface area contributed by atoms with E-state index in [0.29, 0.717) is 6.08 Å². The molecule has 1 saturated carbocycles. The molecule has 1 N–H and O–H groups in total. The van der Waals surface area contributed by atoms with E-state index in [1.165, 1.54) is 0 Å². The third-order valence-corrected chi connectivity index (χ3v) is 6.83. The monoisotopic (exact) mass is 474 g/mol. The van der Waals surface area contributed by atoms with Crippen LogP contribution < -0.4 is 0 Å². The molecule has 31 heavy (non-hydrogen) atoms. The van der Waals surface area contributed by atoms with Gasteiger partial charge in [-0.2, -0.15) is 13.2 Å². The minimum Gasteiger partial charge on any atom is -0.382 e. The highest BCUT2D eigenvalue weighted by Crippen LogP contribution is 2.57. The van der Waals surface area contributed by atoms with E-state index in [1.807, 2.05) is 0 Å². The standard InChI is InChI=1S/C20H15F9OS/c21-8-5-12-15(13(22)6-8)10(3-4-18(12,23)24)9-1-2-14(31-20(27,28)29)16-11(9)7-19(25,26)17(16)30/h1-2,6,10,12,17,30H,3-5,7H2/t10-,12?,17-/m0/s1. The first-order valence-electron chi connectivity index (χ1n) is 9.32. The number of benzene rings is 1. The molecule has 0 saturated heterocycles. The molecule has 1 aromatic carbocycles. The van der Waals surface area contributed by atoms with Crippen LogP contribution in [0.2, 0.25) is 0 Å². The molecule has 4 rings (SSSR count). The fourth-order valence-corrected chi connectivity index (χ4v) is 5.50. The number of aliphatic hydroxyl groups excluding tert-OH is 1. The molecule has 0 radical (unpaired) electrons. The number of fused-ring (bicyclic) bond motifs is 2. The molecule has 1 fully saturated rings. The summed E-state index contributed by atoms with van der Waals surface area (Å²) in [5, 5.41) is 10.0. The van der Waals surface area contributed by atoms with Gasteiger partial charge in [0.25, 0.3) is 11.8 Å². The number of aliphatic hydroxyl groups is 1. The quantitative estimate of drug-likeness (QED) is 0.364. The van der Waals surface area contributed by atoms with Crippen LogP contribution in [0.25, 0.3) is 0 Å². The molecular weight excluding hydrogens is 459 g/mol. The first-order chi connectivity index (χ1) is 14.2. The molecule has 0 aliphatic heterocycles. The van der Waals surface area contributed by atoms with Crippen molar-refractivity contribution in [1.29, 1.82) is 0 Å². The Morgan fingerprint density at radius 1 is 1.03 bits per heavy atom. The zero-order chi connectivity index (χ0) is 22.9. The van der Waals surface area contributed by atoms with Crippen LogP contribution in [0.3, 0.4) is 0 Å². The lowest BCUT2D eigenvalue weighted by Gasteiger charge is -2.40. The number of hydrogen-bond donors (Lipinski definition) is 1. The zero-order valence-corrected chi connectivity index (χ0v) is 16.4. The van der Waals surface area contributed by atoms with Crippen LogP contribution in [0.1, 0.15) is 48.0 Å². The van der Waals surface area contributed by atoms with Crippen LogP contribution >= 0.6 is 11.8 Å². The van der Waals surface area contributed by atoms with Crippen molar-refractivity contribution in [3.05, 3.63) is 52.1 Å². The summed E-state index contributed by atoms with van der Waals surface area (Å²) in [6, 6.07) is 1.97. The van der Waals surface area contributed by atoms with Gasteiger partial charge in [-0.1, -0.05) is 6.07 Å². The summed E-state index contributed by atoms with van der Waals surface area (Å²) in [5.41, 5.74) is -6.24. The summed E-state index contributed by atoms with van der Waals surface area (Å²) in [6.07, 6.45) is -5.04. The highest BCUT2D eigenvalue weighted by atomic mass is 32.2. The van der Waals surface area contributed by atoms with E-state index in [4.69, 9.17) is 0 Å². The molecule has 0 amide bonds. The number of alkyl halides is 7. The summed E-state index contributed by atoms with van der Waals surface area (Å²) in [4.78, 5) is -0.627. The van der Waals surface area contributed by atoms with Gasteiger partial charge in [-0.15, -0.1) is 0 Å². The first kappa shape index (κ1) is 22.6. The lowest BCUT2D eigenvalue weighted by atomic mass is 9.67. The summed E-state index contributed by atoms with van der Waals surface area (Å²) < 4.78 is 124. The summed E-state index contributed by atoms with van der Waals surface area (Å²) in [5.74, 6) is -12.5. The zero-order valence-electron chi connectivity index (χ0n) is 15.5. The van der Waals surface area contributed by atoms with Crippen molar-refractivity contribution < 1.29 is 44.6 Å². The predicted molar refractivity (Wildman–Crippen MR) is 94.3 cm³/mol. The number of hydrogen-bond acceptors (Lipinski definition) is 2. The highest BCUT2D eigenvalue weighted by Gasteiger charge is 2.54. The Balaban J connectivity index is 1.87. The normalized spacial score (nSPS) is 29.5. The maximum absolute atomic E-state index is 14.6. The van der Waals surface area contributed by atoms with Gasteiger partial charge in [0.1, 0.15) is 17.8 Å². The lowest BCUT2D eigenvalue weighted by molar-refractivity contribution is -0.0977. The average molecular weight is 474 g/mol. The number of halogens is 9. The van der Waals surface area contributed by atoms with Crippen LogP contribution in [-0.2, 0) is 6.42 Å². The molecule has 0 aromatic heterocycles. The van der Waals surface area contributed by atoms with Gasteiger partial charge in [0.15, 0.2) is 0 Å². The second-order valence-corrected chi connectivity index (χ2v) is 9.04. The van der Waals surface area contributed by atoms with Crippen molar-refractivity contribution in [3.63, 3.8) is 0 Å². The fraction of sp³-hybridized carbons (Fsp3) is 0.500. The van der Waals surface area contributed by atoms with Crippen LogP contribution in [0.5, 0.6) is 0 Å². The van der Waals surface area contributed by atoms with Gasteiger partial charge in [0.05, 0.1) is 5.92 Å². The predicted octanol–water partition coefficient (Wildman–Crippen LogP) is 7.13. The van der Waals surface area contributed by atoms with Gasteiger partial charge in [-0.05, 0) is 40.9 Å². The Morgan fingerprint density at radius 3 is 2.35 bits per heavy atom. The Bertz CT molecular complexity index is 980. The number of thioether (sulfide) groups is 1. The van der Waals surface area contributed by atoms with Crippen LogP contribution in [-0.4, -0.2) is 22.5 Å². The summed E-state index contributed by atoms with van der Waals surface area (Å²) in [7, 11) is 0. The molecule has 0 heterocycles. The number of rotatable bonds is 2. The summed E-state index contributed by atoms with van der Waals surface area (Å²) >= 11 is -0.669. The van der Waals surface area contributed by atoms with Gasteiger partial charge in [-0.25, -0.2) is 26.3 Å². The molecule has 1 unspecified atom stereocenters. The van der Waals surface area contributed by atoms with Crippen LogP contribution in [0, 0.1) is 5.92 Å². The van der Waals surface area contributed by atoms with Crippen LogP contribution in [0.4, 0.5) is 39.5 Å². The molecule has 3 aliphatic carbocycles. The molecule has 0 spiro atoms. The van der Waals surface area contributed by atoms with E-state index in [1.54, 1.807) is 0 Å². The molecule has 1 aromatic rings. The second kappa shape index (κ2) is 7.19. The highest BCUT2D eigenvalue weighted by molar-refractivity contribution is 8.00. The molecule has 3 atom stereocenters. The lowest BCUT2D eigenvalue weighted by Crippen LogP contribution is -2.38. The largest absolute Gasteiger partial charge is 0.446 e. The van der Waals surface area contributed by atoms with Gasteiger partial charge in [0, 0.05) is 41.7 Å². The van der Waals surface area contributed by atoms with Crippen molar-refractivity contribution in [2.45, 2.75) is 60.0 Å². The molecule has 3 aliphatic rings. The van der Waals surface area contributed by atoms with E-state index in [-0.39, 0.29) is 17.5 Å². The third-order valence-electron chi connectivity index (χ3n) is 6.03. The van der Waals surface area contributed by atoms with Gasteiger partial charge >= 0.3 is 5.51 Å². The van der Waals surface area contributed by atoms with Gasteiger partial charge < -0.3 is 5.11 Å². The molecule has 11 heteroatoms. The molecule has 0 bridgehead atoms. The number of allylic oxidation sites excluding steroid dienone is 4. The fourth-order valence-electron chi connectivity index (χ4n) is 4.77. The van der Waals surface area contributed by atoms with Gasteiger partial charge in [-0.3, -0.25) is 0 Å².